The second kappa shape index (κ2) is 7.12. The molecule has 0 saturated carbocycles. The molecule has 0 bridgehead atoms. The number of rotatable bonds is 6. The molecule has 1 aromatic carbocycles. The molecule has 1 aromatic heterocycles. The fourth-order valence-electron chi connectivity index (χ4n) is 1.70. The first kappa shape index (κ1) is 14.6. The Hall–Kier alpha value is -1.78. The van der Waals surface area contributed by atoms with Crippen molar-refractivity contribution in [2.45, 2.75) is 13.5 Å². The lowest BCUT2D eigenvalue weighted by Crippen LogP contribution is -2.07. The van der Waals surface area contributed by atoms with Crippen LogP contribution in [0, 0.1) is 0 Å². The molecule has 0 spiro atoms. The van der Waals surface area contributed by atoms with Gasteiger partial charge in [-0.1, -0.05) is 11.6 Å². The average Bonchev–Trinajstić information content (AvgIpc) is 2.45. The highest BCUT2D eigenvalue weighted by atomic mass is 35.5. The van der Waals surface area contributed by atoms with Crippen molar-refractivity contribution in [1.29, 1.82) is 0 Å². The van der Waals surface area contributed by atoms with Crippen molar-refractivity contribution in [3.8, 4) is 17.4 Å². The molecule has 20 heavy (non-hydrogen) atoms. The smallest absolute Gasteiger partial charge is 0.219 e. The number of aromatic nitrogens is 1. The van der Waals surface area contributed by atoms with Crippen molar-refractivity contribution in [2.24, 2.45) is 0 Å². The summed E-state index contributed by atoms with van der Waals surface area (Å²) in [5.74, 6) is 2.04. The van der Waals surface area contributed by atoms with E-state index in [4.69, 9.17) is 21.1 Å². The van der Waals surface area contributed by atoms with E-state index in [1.54, 1.807) is 12.1 Å². The standard InChI is InChI=1S/C15H17ClN2O2/c1-3-19-11-4-6-12(7-5-11)20-15-9-8-13(16)14(18-15)10-17-2/h4-9,17H,3,10H2,1-2H3. The van der Waals surface area contributed by atoms with Crippen molar-refractivity contribution >= 4 is 11.6 Å². The van der Waals surface area contributed by atoms with E-state index in [-0.39, 0.29) is 0 Å². The van der Waals surface area contributed by atoms with Crippen LogP contribution in [-0.2, 0) is 6.54 Å². The third-order valence-electron chi connectivity index (χ3n) is 2.59. The average molecular weight is 293 g/mol. The molecule has 1 N–H and O–H groups in total. The Morgan fingerprint density at radius 3 is 2.45 bits per heavy atom. The predicted molar refractivity (Wildman–Crippen MR) is 79.7 cm³/mol. The predicted octanol–water partition coefficient (Wildman–Crippen LogP) is 3.65. The van der Waals surface area contributed by atoms with E-state index in [0.29, 0.717) is 29.8 Å². The van der Waals surface area contributed by atoms with Gasteiger partial charge in [-0.05, 0) is 44.3 Å². The molecule has 0 atom stereocenters. The zero-order valence-electron chi connectivity index (χ0n) is 11.5. The van der Waals surface area contributed by atoms with Crippen LogP contribution in [0.2, 0.25) is 5.02 Å². The van der Waals surface area contributed by atoms with E-state index < -0.39 is 0 Å². The summed E-state index contributed by atoms with van der Waals surface area (Å²) in [6.07, 6.45) is 0. The van der Waals surface area contributed by atoms with Gasteiger partial charge in [-0.3, -0.25) is 0 Å². The quantitative estimate of drug-likeness (QED) is 0.882. The first-order chi connectivity index (χ1) is 9.72. The van der Waals surface area contributed by atoms with Crippen LogP contribution >= 0.6 is 11.6 Å². The van der Waals surface area contributed by atoms with Gasteiger partial charge in [-0.15, -0.1) is 0 Å². The van der Waals surface area contributed by atoms with Gasteiger partial charge in [0.25, 0.3) is 0 Å². The molecule has 2 aromatic rings. The Kier molecular flexibility index (Phi) is 5.21. The summed E-state index contributed by atoms with van der Waals surface area (Å²) >= 11 is 6.06. The molecule has 5 heteroatoms. The molecule has 0 aliphatic heterocycles. The second-order valence-electron chi connectivity index (χ2n) is 4.11. The fourth-order valence-corrected chi connectivity index (χ4v) is 1.88. The van der Waals surface area contributed by atoms with Gasteiger partial charge in [0.05, 0.1) is 17.3 Å². The lowest BCUT2D eigenvalue weighted by atomic mass is 10.3. The van der Waals surface area contributed by atoms with Gasteiger partial charge < -0.3 is 14.8 Å². The number of nitrogens with zero attached hydrogens (tertiary/aromatic N) is 1. The van der Waals surface area contributed by atoms with Gasteiger partial charge in [0.2, 0.25) is 5.88 Å². The van der Waals surface area contributed by atoms with E-state index in [1.807, 2.05) is 38.2 Å². The van der Waals surface area contributed by atoms with Gasteiger partial charge in [0.1, 0.15) is 11.5 Å². The van der Waals surface area contributed by atoms with Crippen LogP contribution in [-0.4, -0.2) is 18.6 Å². The normalized spacial score (nSPS) is 10.3. The number of hydrogen-bond donors (Lipinski definition) is 1. The van der Waals surface area contributed by atoms with Gasteiger partial charge in [-0.2, -0.15) is 0 Å². The highest BCUT2D eigenvalue weighted by molar-refractivity contribution is 6.31. The molecule has 0 fully saturated rings. The number of nitrogens with one attached hydrogen (secondary N) is 1. The Morgan fingerprint density at radius 1 is 1.10 bits per heavy atom. The van der Waals surface area contributed by atoms with Gasteiger partial charge in [0.15, 0.2) is 0 Å². The third-order valence-corrected chi connectivity index (χ3v) is 2.94. The number of pyridine rings is 1. The number of ether oxygens (including phenoxy) is 2. The lowest BCUT2D eigenvalue weighted by molar-refractivity contribution is 0.339. The fraction of sp³-hybridized carbons (Fsp3) is 0.267. The maximum absolute atomic E-state index is 6.06. The highest BCUT2D eigenvalue weighted by Crippen LogP contribution is 2.24. The molecule has 1 heterocycles. The molecule has 106 valence electrons. The third kappa shape index (κ3) is 3.85. The molecule has 0 unspecified atom stereocenters. The highest BCUT2D eigenvalue weighted by Gasteiger charge is 2.05. The topological polar surface area (TPSA) is 43.4 Å². The number of hydrogen-bond acceptors (Lipinski definition) is 4. The summed E-state index contributed by atoms with van der Waals surface area (Å²) in [5.41, 5.74) is 0.762. The molecule has 2 rings (SSSR count). The summed E-state index contributed by atoms with van der Waals surface area (Å²) in [7, 11) is 1.85. The number of benzene rings is 1. The van der Waals surface area contributed by atoms with Crippen LogP contribution in [0.3, 0.4) is 0 Å². The van der Waals surface area contributed by atoms with Crippen LogP contribution in [0.15, 0.2) is 36.4 Å². The zero-order valence-corrected chi connectivity index (χ0v) is 12.3. The summed E-state index contributed by atoms with van der Waals surface area (Å²) in [6, 6.07) is 11.0. The van der Waals surface area contributed by atoms with Gasteiger partial charge in [0, 0.05) is 12.6 Å². The van der Waals surface area contributed by atoms with Crippen molar-refractivity contribution in [1.82, 2.24) is 10.3 Å². The van der Waals surface area contributed by atoms with Crippen LogP contribution in [0.25, 0.3) is 0 Å². The van der Waals surface area contributed by atoms with Crippen molar-refractivity contribution in [3.05, 3.63) is 47.1 Å². The SMILES string of the molecule is CCOc1ccc(Oc2ccc(Cl)c(CNC)n2)cc1. The maximum Gasteiger partial charge on any atom is 0.219 e. The minimum absolute atomic E-state index is 0.517. The molecule has 0 amide bonds. The molecule has 0 saturated heterocycles. The van der Waals surface area contributed by atoms with Crippen LogP contribution in [0.5, 0.6) is 17.4 Å². The summed E-state index contributed by atoms with van der Waals surface area (Å²) in [6.45, 7) is 3.19. The summed E-state index contributed by atoms with van der Waals surface area (Å²) in [4.78, 5) is 4.37. The van der Waals surface area contributed by atoms with Crippen molar-refractivity contribution < 1.29 is 9.47 Å². The van der Waals surface area contributed by atoms with E-state index in [1.165, 1.54) is 0 Å². The summed E-state index contributed by atoms with van der Waals surface area (Å²) in [5, 5.41) is 3.64. The summed E-state index contributed by atoms with van der Waals surface area (Å²) < 4.78 is 11.1. The first-order valence-electron chi connectivity index (χ1n) is 6.43. The largest absolute Gasteiger partial charge is 0.494 e. The van der Waals surface area contributed by atoms with E-state index in [9.17, 15) is 0 Å². The minimum Gasteiger partial charge on any atom is -0.494 e. The minimum atomic E-state index is 0.517. The maximum atomic E-state index is 6.06. The Morgan fingerprint density at radius 2 is 1.80 bits per heavy atom. The lowest BCUT2D eigenvalue weighted by Gasteiger charge is -2.09. The molecular weight excluding hydrogens is 276 g/mol. The first-order valence-corrected chi connectivity index (χ1v) is 6.81. The van der Waals surface area contributed by atoms with Crippen LogP contribution in [0.1, 0.15) is 12.6 Å². The molecule has 0 radical (unpaired) electrons. The Bertz CT molecular complexity index is 558. The molecule has 0 aliphatic carbocycles. The van der Waals surface area contributed by atoms with E-state index in [0.717, 1.165) is 11.4 Å². The Balaban J connectivity index is 2.11. The second-order valence-corrected chi connectivity index (χ2v) is 4.52. The van der Waals surface area contributed by atoms with Gasteiger partial charge in [-0.25, -0.2) is 4.98 Å². The van der Waals surface area contributed by atoms with Crippen LogP contribution < -0.4 is 14.8 Å². The monoisotopic (exact) mass is 292 g/mol. The Labute approximate surface area is 123 Å². The molecular formula is C15H17ClN2O2. The molecule has 0 aliphatic rings. The van der Waals surface area contributed by atoms with Gasteiger partial charge >= 0.3 is 0 Å². The number of halogens is 1. The van der Waals surface area contributed by atoms with Crippen LogP contribution in [0.4, 0.5) is 0 Å². The molecule has 4 nitrogen and oxygen atoms in total. The zero-order chi connectivity index (χ0) is 14.4. The van der Waals surface area contributed by atoms with Crippen molar-refractivity contribution in [2.75, 3.05) is 13.7 Å². The van der Waals surface area contributed by atoms with E-state index >= 15 is 0 Å². The van der Waals surface area contributed by atoms with E-state index in [2.05, 4.69) is 10.3 Å². The van der Waals surface area contributed by atoms with Crippen molar-refractivity contribution in [3.63, 3.8) is 0 Å².